The number of hydrogen-bond acceptors (Lipinski definition) is 4. The second-order valence-electron chi connectivity index (χ2n) is 3.61. The van der Waals surface area contributed by atoms with Crippen LogP contribution in [0.15, 0.2) is 11.8 Å². The molecule has 2 N–H and O–H groups in total. The molecule has 2 aliphatic heterocycles. The van der Waals surface area contributed by atoms with Gasteiger partial charge < -0.3 is 10.6 Å². The molecule has 3 atom stereocenters. The second-order valence-corrected chi connectivity index (χ2v) is 4.71. The van der Waals surface area contributed by atoms with Gasteiger partial charge in [-0.3, -0.25) is 0 Å². The van der Waals surface area contributed by atoms with Crippen LogP contribution in [-0.2, 0) is 0 Å². The third kappa shape index (κ3) is 2.07. The van der Waals surface area contributed by atoms with E-state index in [1.54, 1.807) is 11.8 Å². The highest BCUT2D eigenvalue weighted by Gasteiger charge is 2.43. The summed E-state index contributed by atoms with van der Waals surface area (Å²) in [5.41, 5.74) is 7.52. The molecular formula is C10H20N2S2. The van der Waals surface area contributed by atoms with E-state index in [2.05, 4.69) is 37.6 Å². The fourth-order valence-corrected chi connectivity index (χ4v) is 3.33. The van der Waals surface area contributed by atoms with Crippen LogP contribution in [0.4, 0.5) is 0 Å². The highest BCUT2D eigenvalue weighted by molar-refractivity contribution is 8.00. The Bertz CT molecular complexity index is 218. The minimum atomic E-state index is 0.379. The van der Waals surface area contributed by atoms with Crippen LogP contribution in [0.3, 0.4) is 0 Å². The maximum absolute atomic E-state index is 5.97. The zero-order valence-corrected chi connectivity index (χ0v) is 10.8. The maximum atomic E-state index is 5.97. The molecule has 0 amide bonds. The van der Waals surface area contributed by atoms with Crippen molar-refractivity contribution in [2.75, 3.05) is 12.0 Å². The van der Waals surface area contributed by atoms with Crippen molar-refractivity contribution in [3.8, 4) is 0 Å². The van der Waals surface area contributed by atoms with Gasteiger partial charge in [0, 0.05) is 18.0 Å². The van der Waals surface area contributed by atoms with E-state index in [1.807, 2.05) is 11.8 Å². The van der Waals surface area contributed by atoms with E-state index in [0.29, 0.717) is 17.5 Å². The molecular weight excluding hydrogens is 212 g/mol. The van der Waals surface area contributed by atoms with E-state index in [1.165, 1.54) is 12.2 Å². The molecule has 1 fully saturated rings. The predicted octanol–water partition coefficient (Wildman–Crippen LogP) is 1.93. The summed E-state index contributed by atoms with van der Waals surface area (Å²) < 4.78 is 0. The number of rotatable bonds is 1. The van der Waals surface area contributed by atoms with Crippen molar-refractivity contribution in [2.24, 2.45) is 5.73 Å². The third-order valence-electron chi connectivity index (χ3n) is 2.88. The van der Waals surface area contributed by atoms with E-state index in [9.17, 15) is 0 Å². The molecule has 1 saturated heterocycles. The number of nitrogens with zero attached hydrogens (tertiary/aromatic N) is 1. The van der Waals surface area contributed by atoms with Crippen LogP contribution in [0.5, 0.6) is 0 Å². The van der Waals surface area contributed by atoms with Crippen LogP contribution >= 0.6 is 24.4 Å². The summed E-state index contributed by atoms with van der Waals surface area (Å²) in [4.78, 5) is 2.40. The lowest BCUT2D eigenvalue weighted by Crippen LogP contribution is -2.67. The van der Waals surface area contributed by atoms with Gasteiger partial charge in [-0.25, -0.2) is 0 Å². The zero-order chi connectivity index (χ0) is 10.7. The lowest BCUT2D eigenvalue weighted by Gasteiger charge is -2.54. The molecule has 0 saturated carbocycles. The van der Waals surface area contributed by atoms with Crippen LogP contribution in [-0.4, -0.2) is 34.4 Å². The van der Waals surface area contributed by atoms with Crippen molar-refractivity contribution in [1.29, 1.82) is 0 Å². The Morgan fingerprint density at radius 3 is 2.86 bits per heavy atom. The molecule has 0 aliphatic carbocycles. The van der Waals surface area contributed by atoms with Crippen molar-refractivity contribution in [1.82, 2.24) is 4.90 Å². The lowest BCUT2D eigenvalue weighted by atomic mass is 9.98. The molecule has 2 rings (SSSR count). The number of nitrogens with two attached hydrogens (primary N) is 1. The number of fused-ring (bicyclic) bond motifs is 1. The van der Waals surface area contributed by atoms with Crippen LogP contribution < -0.4 is 5.73 Å². The van der Waals surface area contributed by atoms with Crippen LogP contribution in [0.1, 0.15) is 20.3 Å². The fraction of sp³-hybridized carbons (Fsp3) is 0.800. The molecule has 2 nitrogen and oxygen atoms in total. The Labute approximate surface area is 96.7 Å². The predicted molar refractivity (Wildman–Crippen MR) is 68.8 cm³/mol. The molecule has 2 heterocycles. The third-order valence-corrected chi connectivity index (χ3v) is 4.31. The van der Waals surface area contributed by atoms with E-state index >= 15 is 0 Å². The van der Waals surface area contributed by atoms with Gasteiger partial charge in [-0.15, -0.1) is 11.8 Å². The molecule has 14 heavy (non-hydrogen) atoms. The summed E-state index contributed by atoms with van der Waals surface area (Å²) in [7, 11) is 0. The smallest absolute Gasteiger partial charge is 0.0922 e. The number of thiol groups is 1. The first-order valence-corrected chi connectivity index (χ1v) is 6.97. The maximum Gasteiger partial charge on any atom is 0.0922 e. The Morgan fingerprint density at radius 1 is 1.64 bits per heavy atom. The standard InChI is InChI=1S/C9H16N2S.CH4S/c1-3-7-4-11-6(2)8(10)9(11)12-5-7;1-2/h4,6,8-9H,3,5,10H2,1-2H3;2H,1H3. The second kappa shape index (κ2) is 5.33. The van der Waals surface area contributed by atoms with Crippen molar-refractivity contribution in [2.45, 2.75) is 37.7 Å². The largest absolute Gasteiger partial charge is 0.360 e. The van der Waals surface area contributed by atoms with Crippen molar-refractivity contribution in [3.05, 3.63) is 11.8 Å². The van der Waals surface area contributed by atoms with Gasteiger partial charge in [0.25, 0.3) is 0 Å². The van der Waals surface area contributed by atoms with Gasteiger partial charge >= 0.3 is 0 Å². The molecule has 0 aromatic carbocycles. The van der Waals surface area contributed by atoms with Gasteiger partial charge in [0.15, 0.2) is 0 Å². The Morgan fingerprint density at radius 2 is 2.29 bits per heavy atom. The Balaban J connectivity index is 0.000000461. The first kappa shape index (κ1) is 12.3. The van der Waals surface area contributed by atoms with Crippen LogP contribution in [0.25, 0.3) is 0 Å². The van der Waals surface area contributed by atoms with Gasteiger partial charge in [-0.05, 0) is 25.2 Å². The summed E-state index contributed by atoms with van der Waals surface area (Å²) in [6.07, 6.45) is 5.19. The monoisotopic (exact) mass is 232 g/mol. The van der Waals surface area contributed by atoms with Gasteiger partial charge in [0.05, 0.1) is 11.4 Å². The molecule has 82 valence electrons. The first-order chi connectivity index (χ1) is 6.74. The average molecular weight is 232 g/mol. The van der Waals surface area contributed by atoms with Crippen molar-refractivity contribution in [3.63, 3.8) is 0 Å². The highest BCUT2D eigenvalue weighted by atomic mass is 32.2. The SMILES string of the molecule is CCC1=CN2C(C)C(N)C2SC1.CS. The van der Waals surface area contributed by atoms with E-state index in [4.69, 9.17) is 5.73 Å². The number of hydrogen-bond donors (Lipinski definition) is 2. The van der Waals surface area contributed by atoms with Crippen molar-refractivity contribution >= 4 is 24.4 Å². The lowest BCUT2D eigenvalue weighted by molar-refractivity contribution is 0.107. The van der Waals surface area contributed by atoms with E-state index in [-0.39, 0.29) is 0 Å². The average Bonchev–Trinajstić information content (AvgIpc) is 2.29. The van der Waals surface area contributed by atoms with E-state index in [0.717, 1.165) is 0 Å². The van der Waals surface area contributed by atoms with E-state index < -0.39 is 0 Å². The molecule has 0 radical (unpaired) electrons. The summed E-state index contributed by atoms with van der Waals surface area (Å²) >= 11 is 5.52. The van der Waals surface area contributed by atoms with Crippen molar-refractivity contribution < 1.29 is 0 Å². The van der Waals surface area contributed by atoms with Gasteiger partial charge in [-0.2, -0.15) is 12.6 Å². The molecule has 2 aliphatic rings. The quantitative estimate of drug-likeness (QED) is 0.677. The zero-order valence-electron chi connectivity index (χ0n) is 9.10. The number of thioether (sulfide) groups is 1. The first-order valence-electron chi connectivity index (χ1n) is 5.03. The molecule has 3 unspecified atom stereocenters. The molecule has 0 aromatic heterocycles. The highest BCUT2D eigenvalue weighted by Crippen LogP contribution is 2.38. The van der Waals surface area contributed by atoms with Gasteiger partial charge in [0.2, 0.25) is 0 Å². The molecule has 0 bridgehead atoms. The molecule has 4 heteroatoms. The fourth-order valence-electron chi connectivity index (χ4n) is 1.79. The minimum absolute atomic E-state index is 0.379. The van der Waals surface area contributed by atoms with Gasteiger partial charge in [0.1, 0.15) is 0 Å². The summed E-state index contributed by atoms with van der Waals surface area (Å²) in [5.74, 6) is 1.18. The molecule has 0 aromatic rings. The van der Waals surface area contributed by atoms with Crippen LogP contribution in [0.2, 0.25) is 0 Å². The van der Waals surface area contributed by atoms with Crippen LogP contribution in [0, 0.1) is 0 Å². The normalized spacial score (nSPS) is 34.8. The topological polar surface area (TPSA) is 29.3 Å². The Hall–Kier alpha value is 0.200. The summed E-state index contributed by atoms with van der Waals surface area (Å²) in [6, 6.07) is 0.925. The van der Waals surface area contributed by atoms with Gasteiger partial charge in [-0.1, -0.05) is 6.92 Å². The Kier molecular flexibility index (Phi) is 4.67. The summed E-state index contributed by atoms with van der Waals surface area (Å²) in [5, 5.41) is 0.565. The minimum Gasteiger partial charge on any atom is -0.360 e. The molecule has 0 spiro atoms. The summed E-state index contributed by atoms with van der Waals surface area (Å²) in [6.45, 7) is 4.42.